The molecule has 1 amide bonds. The highest BCUT2D eigenvalue weighted by Gasteiger charge is 2.26. The highest BCUT2D eigenvalue weighted by molar-refractivity contribution is 5.96. The van der Waals surface area contributed by atoms with Crippen molar-refractivity contribution in [1.29, 1.82) is 0 Å². The molecule has 7 nitrogen and oxygen atoms in total. The van der Waals surface area contributed by atoms with Crippen LogP contribution in [0.15, 0.2) is 42.5 Å². The number of amides is 1. The second kappa shape index (κ2) is 6.75. The first kappa shape index (κ1) is 17.1. The van der Waals surface area contributed by atoms with Gasteiger partial charge in [0.2, 0.25) is 0 Å². The maximum Gasteiger partial charge on any atom is 0.311 e. The van der Waals surface area contributed by atoms with E-state index in [1.807, 2.05) is 24.3 Å². The van der Waals surface area contributed by atoms with Crippen LogP contribution in [0.4, 0.5) is 5.69 Å². The molecule has 138 valence electrons. The molecule has 4 rings (SSSR count). The van der Waals surface area contributed by atoms with Gasteiger partial charge in [-0.25, -0.2) is 0 Å². The van der Waals surface area contributed by atoms with E-state index in [0.29, 0.717) is 25.3 Å². The van der Waals surface area contributed by atoms with E-state index in [1.54, 1.807) is 17.9 Å². The lowest BCUT2D eigenvalue weighted by Gasteiger charge is -2.27. The number of nitrogens with zero attached hydrogens (tertiary/aromatic N) is 2. The molecule has 0 spiro atoms. The Morgan fingerprint density at radius 3 is 2.89 bits per heavy atom. The van der Waals surface area contributed by atoms with E-state index in [4.69, 9.17) is 4.74 Å². The summed E-state index contributed by atoms with van der Waals surface area (Å²) >= 11 is 0. The molecule has 2 aromatic carbocycles. The first-order valence-electron chi connectivity index (χ1n) is 8.87. The van der Waals surface area contributed by atoms with E-state index < -0.39 is 4.92 Å². The summed E-state index contributed by atoms with van der Waals surface area (Å²) in [4.78, 5) is 28.9. The van der Waals surface area contributed by atoms with Crippen molar-refractivity contribution < 1.29 is 14.5 Å². The molecule has 0 unspecified atom stereocenters. The Balaban J connectivity index is 1.64. The molecule has 0 saturated heterocycles. The van der Waals surface area contributed by atoms with Crippen LogP contribution in [0.2, 0.25) is 0 Å². The molecule has 0 atom stereocenters. The van der Waals surface area contributed by atoms with Gasteiger partial charge >= 0.3 is 5.69 Å². The minimum absolute atomic E-state index is 0.177. The Kier molecular flexibility index (Phi) is 4.27. The number of para-hydroxylation sites is 1. The number of carbonyl (C=O) groups excluding carboxylic acids is 1. The van der Waals surface area contributed by atoms with E-state index in [2.05, 4.69) is 4.98 Å². The first-order chi connectivity index (χ1) is 13.1. The van der Waals surface area contributed by atoms with Crippen LogP contribution in [0.3, 0.4) is 0 Å². The smallest absolute Gasteiger partial charge is 0.311 e. The van der Waals surface area contributed by atoms with E-state index in [9.17, 15) is 14.9 Å². The van der Waals surface area contributed by atoms with Gasteiger partial charge in [-0.15, -0.1) is 0 Å². The van der Waals surface area contributed by atoms with Gasteiger partial charge in [-0.1, -0.05) is 18.2 Å². The Morgan fingerprint density at radius 2 is 2.11 bits per heavy atom. The molecule has 1 aromatic heterocycles. The molecule has 2 heterocycles. The van der Waals surface area contributed by atoms with E-state index >= 15 is 0 Å². The van der Waals surface area contributed by atoms with Crippen LogP contribution >= 0.6 is 0 Å². The van der Waals surface area contributed by atoms with E-state index in [1.165, 1.54) is 12.1 Å². The Labute approximate surface area is 155 Å². The van der Waals surface area contributed by atoms with Crippen molar-refractivity contribution in [1.82, 2.24) is 9.88 Å². The number of hydrogen-bond acceptors (Lipinski definition) is 4. The summed E-state index contributed by atoms with van der Waals surface area (Å²) in [5.41, 5.74) is 3.44. The SMILES string of the molecule is CCOc1ccc(C(=O)N2CCc3[nH]c4ccccc4c3C2)cc1[N+](=O)[O-]. The van der Waals surface area contributed by atoms with Crippen molar-refractivity contribution in [2.75, 3.05) is 13.2 Å². The lowest BCUT2D eigenvalue weighted by Crippen LogP contribution is -2.35. The van der Waals surface area contributed by atoms with Crippen molar-refractivity contribution in [3.63, 3.8) is 0 Å². The van der Waals surface area contributed by atoms with Gasteiger partial charge in [0.25, 0.3) is 5.91 Å². The molecule has 1 aliphatic heterocycles. The zero-order valence-electron chi connectivity index (χ0n) is 14.9. The van der Waals surface area contributed by atoms with Crippen LogP contribution in [-0.4, -0.2) is 33.9 Å². The van der Waals surface area contributed by atoms with Crippen LogP contribution in [0, 0.1) is 10.1 Å². The van der Waals surface area contributed by atoms with Gasteiger partial charge in [0.15, 0.2) is 5.75 Å². The fourth-order valence-corrected chi connectivity index (χ4v) is 3.59. The summed E-state index contributed by atoms with van der Waals surface area (Å²) in [7, 11) is 0. The maximum atomic E-state index is 13.0. The number of fused-ring (bicyclic) bond motifs is 3. The highest BCUT2D eigenvalue weighted by Crippen LogP contribution is 2.31. The molecule has 0 aliphatic carbocycles. The predicted molar refractivity (Wildman–Crippen MR) is 101 cm³/mol. The number of aromatic nitrogens is 1. The number of ether oxygens (including phenoxy) is 1. The minimum Gasteiger partial charge on any atom is -0.487 e. The summed E-state index contributed by atoms with van der Waals surface area (Å²) in [5, 5.41) is 12.4. The van der Waals surface area contributed by atoms with Gasteiger partial charge < -0.3 is 14.6 Å². The third-order valence-electron chi connectivity index (χ3n) is 4.87. The normalized spacial score (nSPS) is 13.4. The number of rotatable bonds is 4. The van der Waals surface area contributed by atoms with Crippen molar-refractivity contribution in [2.24, 2.45) is 0 Å². The van der Waals surface area contributed by atoms with E-state index in [-0.39, 0.29) is 17.3 Å². The first-order valence-corrected chi connectivity index (χ1v) is 8.87. The predicted octanol–water partition coefficient (Wildman–Crippen LogP) is 3.67. The number of nitro groups is 1. The summed E-state index contributed by atoms with van der Waals surface area (Å²) in [6.07, 6.45) is 0.731. The number of hydrogen-bond donors (Lipinski definition) is 1. The summed E-state index contributed by atoms with van der Waals surface area (Å²) < 4.78 is 5.29. The summed E-state index contributed by atoms with van der Waals surface area (Å²) in [6, 6.07) is 12.4. The van der Waals surface area contributed by atoms with Crippen LogP contribution in [0.1, 0.15) is 28.5 Å². The molecule has 0 radical (unpaired) electrons. The number of carbonyl (C=O) groups is 1. The molecular formula is C20H19N3O4. The standard InChI is InChI=1S/C20H19N3O4/c1-2-27-19-8-7-13(11-18(19)23(25)26)20(24)22-10-9-17-15(12-22)14-5-3-4-6-16(14)21-17/h3-8,11,21H,2,9-10,12H2,1H3. The van der Waals surface area contributed by atoms with Crippen LogP contribution in [0.5, 0.6) is 5.75 Å². The monoisotopic (exact) mass is 365 g/mol. The van der Waals surface area contributed by atoms with Crippen molar-refractivity contribution >= 4 is 22.5 Å². The van der Waals surface area contributed by atoms with Gasteiger partial charge in [0, 0.05) is 53.3 Å². The molecule has 0 bridgehead atoms. The van der Waals surface area contributed by atoms with Crippen molar-refractivity contribution in [2.45, 2.75) is 19.9 Å². The average Bonchev–Trinajstić information content (AvgIpc) is 3.05. The molecule has 0 fully saturated rings. The van der Waals surface area contributed by atoms with Crippen LogP contribution in [0.25, 0.3) is 10.9 Å². The average molecular weight is 365 g/mol. The van der Waals surface area contributed by atoms with Gasteiger partial charge in [0.1, 0.15) is 0 Å². The van der Waals surface area contributed by atoms with E-state index in [0.717, 1.165) is 28.6 Å². The fraction of sp³-hybridized carbons (Fsp3) is 0.250. The second-order valence-electron chi connectivity index (χ2n) is 6.48. The fourth-order valence-electron chi connectivity index (χ4n) is 3.59. The highest BCUT2D eigenvalue weighted by atomic mass is 16.6. The number of nitro benzene ring substituents is 1. The molecule has 7 heteroatoms. The van der Waals surface area contributed by atoms with Gasteiger partial charge in [-0.05, 0) is 25.1 Å². The molecule has 1 aliphatic rings. The third-order valence-corrected chi connectivity index (χ3v) is 4.87. The molecule has 3 aromatic rings. The number of nitrogens with one attached hydrogen (secondary N) is 1. The molecule has 27 heavy (non-hydrogen) atoms. The van der Waals surface area contributed by atoms with Crippen LogP contribution in [-0.2, 0) is 13.0 Å². The Hall–Kier alpha value is -3.35. The van der Waals surface area contributed by atoms with Crippen molar-refractivity contribution in [3.05, 3.63) is 69.4 Å². The summed E-state index contributed by atoms with van der Waals surface area (Å²) in [5.74, 6) is -0.0336. The lowest BCUT2D eigenvalue weighted by atomic mass is 10.0. The summed E-state index contributed by atoms with van der Waals surface area (Å²) in [6.45, 7) is 3.14. The van der Waals surface area contributed by atoms with Crippen molar-refractivity contribution in [3.8, 4) is 5.75 Å². The molecule has 0 saturated carbocycles. The largest absolute Gasteiger partial charge is 0.487 e. The van der Waals surface area contributed by atoms with Gasteiger partial charge in [0.05, 0.1) is 11.5 Å². The zero-order valence-corrected chi connectivity index (χ0v) is 14.9. The zero-order chi connectivity index (χ0) is 19.0. The Morgan fingerprint density at radius 1 is 1.30 bits per heavy atom. The number of benzene rings is 2. The maximum absolute atomic E-state index is 13.0. The Bertz CT molecular complexity index is 1040. The van der Waals surface area contributed by atoms with Gasteiger partial charge in [-0.2, -0.15) is 0 Å². The quantitative estimate of drug-likeness (QED) is 0.564. The minimum atomic E-state index is -0.518. The number of H-pyrrole nitrogens is 1. The molecular weight excluding hydrogens is 346 g/mol. The van der Waals surface area contributed by atoms with Gasteiger partial charge in [-0.3, -0.25) is 14.9 Å². The lowest BCUT2D eigenvalue weighted by molar-refractivity contribution is -0.385. The number of aromatic amines is 1. The molecule has 1 N–H and O–H groups in total. The van der Waals surface area contributed by atoms with Crippen LogP contribution < -0.4 is 4.74 Å². The second-order valence-corrected chi connectivity index (χ2v) is 6.48. The third kappa shape index (κ3) is 3.01. The topological polar surface area (TPSA) is 88.5 Å².